The first-order valence-corrected chi connectivity index (χ1v) is 7.21. The second-order valence-corrected chi connectivity index (χ2v) is 5.44. The lowest BCUT2D eigenvalue weighted by atomic mass is 10.1. The van der Waals surface area contributed by atoms with E-state index in [1.165, 1.54) is 11.6 Å². The third kappa shape index (κ3) is 4.40. The maximum absolute atomic E-state index is 12.6. The topological polar surface area (TPSA) is 12.0 Å². The summed E-state index contributed by atoms with van der Waals surface area (Å²) in [7, 11) is 0. The maximum atomic E-state index is 12.6. The van der Waals surface area contributed by atoms with E-state index in [1.54, 1.807) is 23.5 Å². The third-order valence-electron chi connectivity index (χ3n) is 2.98. The molecule has 0 aliphatic carbocycles. The van der Waals surface area contributed by atoms with E-state index in [-0.39, 0.29) is 5.56 Å². The van der Waals surface area contributed by atoms with E-state index in [2.05, 4.69) is 29.1 Å². The molecule has 0 aliphatic rings. The molecule has 0 spiro atoms. The van der Waals surface area contributed by atoms with Gasteiger partial charge in [-0.05, 0) is 47.4 Å². The zero-order valence-corrected chi connectivity index (χ0v) is 11.6. The summed E-state index contributed by atoms with van der Waals surface area (Å²) in [6, 6.07) is 9.01. The van der Waals surface area contributed by atoms with Gasteiger partial charge in [-0.1, -0.05) is 18.2 Å². The molecule has 1 aromatic heterocycles. The molecule has 1 heterocycles. The van der Waals surface area contributed by atoms with Crippen molar-refractivity contribution < 1.29 is 8.78 Å². The lowest BCUT2D eigenvalue weighted by Gasteiger charge is -2.13. The van der Waals surface area contributed by atoms with Crippen molar-refractivity contribution in [1.82, 2.24) is 5.32 Å². The first kappa shape index (κ1) is 14.2. The Labute approximate surface area is 116 Å². The van der Waals surface area contributed by atoms with E-state index in [1.807, 2.05) is 6.07 Å². The molecule has 19 heavy (non-hydrogen) atoms. The minimum atomic E-state index is -2.40. The SMILES string of the molecule is CC(Cc1ccsc1)NCc1cccc(C(F)F)c1. The lowest BCUT2D eigenvalue weighted by molar-refractivity contribution is 0.151. The monoisotopic (exact) mass is 281 g/mol. The summed E-state index contributed by atoms with van der Waals surface area (Å²) in [6.07, 6.45) is -1.44. The minimum Gasteiger partial charge on any atom is -0.310 e. The first-order chi connectivity index (χ1) is 9.15. The number of halogens is 2. The van der Waals surface area contributed by atoms with Crippen LogP contribution < -0.4 is 5.32 Å². The Morgan fingerprint density at radius 1 is 1.21 bits per heavy atom. The van der Waals surface area contributed by atoms with Gasteiger partial charge in [0.15, 0.2) is 0 Å². The molecule has 102 valence electrons. The first-order valence-electron chi connectivity index (χ1n) is 6.26. The normalized spacial score (nSPS) is 12.8. The number of alkyl halides is 2. The lowest BCUT2D eigenvalue weighted by Crippen LogP contribution is -2.27. The van der Waals surface area contributed by atoms with Crippen LogP contribution in [0.4, 0.5) is 8.78 Å². The van der Waals surface area contributed by atoms with E-state index >= 15 is 0 Å². The molecule has 0 saturated carbocycles. The van der Waals surface area contributed by atoms with Gasteiger partial charge in [-0.3, -0.25) is 0 Å². The summed E-state index contributed by atoms with van der Waals surface area (Å²) in [5.41, 5.74) is 2.30. The molecule has 0 radical (unpaired) electrons. The molecular formula is C15H17F2NS. The van der Waals surface area contributed by atoms with E-state index < -0.39 is 6.43 Å². The zero-order valence-electron chi connectivity index (χ0n) is 10.8. The second kappa shape index (κ2) is 6.78. The van der Waals surface area contributed by atoms with Crippen molar-refractivity contribution in [3.63, 3.8) is 0 Å². The van der Waals surface area contributed by atoms with Crippen LogP contribution in [-0.2, 0) is 13.0 Å². The summed E-state index contributed by atoms with van der Waals surface area (Å²) in [6.45, 7) is 2.72. The fraction of sp³-hybridized carbons (Fsp3) is 0.333. The van der Waals surface area contributed by atoms with E-state index in [0.29, 0.717) is 12.6 Å². The zero-order chi connectivity index (χ0) is 13.7. The average molecular weight is 281 g/mol. The molecule has 2 rings (SSSR count). The summed E-state index contributed by atoms with van der Waals surface area (Å²) in [4.78, 5) is 0. The Balaban J connectivity index is 1.86. The Kier molecular flexibility index (Phi) is 5.05. The molecule has 0 bridgehead atoms. The highest BCUT2D eigenvalue weighted by Gasteiger charge is 2.08. The largest absolute Gasteiger partial charge is 0.310 e. The highest BCUT2D eigenvalue weighted by molar-refractivity contribution is 7.07. The predicted molar refractivity (Wildman–Crippen MR) is 75.7 cm³/mol. The Bertz CT molecular complexity index is 497. The van der Waals surface area contributed by atoms with Gasteiger partial charge in [0, 0.05) is 18.2 Å². The molecular weight excluding hydrogens is 264 g/mol. The van der Waals surface area contributed by atoms with Gasteiger partial charge in [0.25, 0.3) is 6.43 Å². The maximum Gasteiger partial charge on any atom is 0.263 e. The number of hydrogen-bond donors (Lipinski definition) is 1. The molecule has 1 nitrogen and oxygen atoms in total. The number of nitrogens with one attached hydrogen (secondary N) is 1. The van der Waals surface area contributed by atoms with Gasteiger partial charge in [0.05, 0.1) is 0 Å². The Hall–Kier alpha value is -1.26. The van der Waals surface area contributed by atoms with Crippen LogP contribution >= 0.6 is 11.3 Å². The number of thiophene rings is 1. The standard InChI is InChI=1S/C15H17F2NS/c1-11(7-13-5-6-19-10-13)18-9-12-3-2-4-14(8-12)15(16)17/h2-6,8,10-11,15,18H,7,9H2,1H3. The van der Waals surface area contributed by atoms with Gasteiger partial charge in [0.1, 0.15) is 0 Å². The van der Waals surface area contributed by atoms with E-state index in [9.17, 15) is 8.78 Å². The molecule has 1 aromatic carbocycles. The van der Waals surface area contributed by atoms with Crippen LogP contribution in [0.3, 0.4) is 0 Å². The third-order valence-corrected chi connectivity index (χ3v) is 3.71. The molecule has 4 heteroatoms. The molecule has 0 saturated heterocycles. The number of hydrogen-bond acceptors (Lipinski definition) is 2. The van der Waals surface area contributed by atoms with Crippen LogP contribution in [0.1, 0.15) is 30.0 Å². The summed E-state index contributed by atoms with van der Waals surface area (Å²) >= 11 is 1.69. The smallest absolute Gasteiger partial charge is 0.263 e. The second-order valence-electron chi connectivity index (χ2n) is 4.66. The summed E-state index contributed by atoms with van der Waals surface area (Å²) in [5.74, 6) is 0. The van der Waals surface area contributed by atoms with Crippen molar-refractivity contribution >= 4 is 11.3 Å². The summed E-state index contributed by atoms with van der Waals surface area (Å²) < 4.78 is 25.2. The van der Waals surface area contributed by atoms with Crippen molar-refractivity contribution in [1.29, 1.82) is 0 Å². The van der Waals surface area contributed by atoms with Crippen LogP contribution in [0.25, 0.3) is 0 Å². The average Bonchev–Trinajstić information content (AvgIpc) is 2.89. The van der Waals surface area contributed by atoms with Gasteiger partial charge < -0.3 is 5.32 Å². The quantitative estimate of drug-likeness (QED) is 0.827. The van der Waals surface area contributed by atoms with Crippen LogP contribution in [-0.4, -0.2) is 6.04 Å². The predicted octanol–water partition coefficient (Wildman–Crippen LogP) is 4.41. The molecule has 0 fully saturated rings. The molecule has 0 aliphatic heterocycles. The molecule has 1 N–H and O–H groups in total. The summed E-state index contributed by atoms with van der Waals surface area (Å²) in [5, 5.41) is 7.56. The highest BCUT2D eigenvalue weighted by Crippen LogP contribution is 2.19. The van der Waals surface area contributed by atoms with Crippen LogP contribution in [0.2, 0.25) is 0 Å². The highest BCUT2D eigenvalue weighted by atomic mass is 32.1. The van der Waals surface area contributed by atoms with E-state index in [4.69, 9.17) is 0 Å². The Morgan fingerprint density at radius 2 is 2.05 bits per heavy atom. The van der Waals surface area contributed by atoms with Crippen molar-refractivity contribution in [3.8, 4) is 0 Å². The van der Waals surface area contributed by atoms with E-state index in [0.717, 1.165) is 12.0 Å². The van der Waals surface area contributed by atoms with Crippen molar-refractivity contribution in [3.05, 3.63) is 57.8 Å². The molecule has 1 unspecified atom stereocenters. The molecule has 1 atom stereocenters. The van der Waals surface area contributed by atoms with Crippen LogP contribution in [0, 0.1) is 0 Å². The van der Waals surface area contributed by atoms with Gasteiger partial charge >= 0.3 is 0 Å². The van der Waals surface area contributed by atoms with Crippen LogP contribution in [0.15, 0.2) is 41.1 Å². The van der Waals surface area contributed by atoms with Gasteiger partial charge in [0.2, 0.25) is 0 Å². The fourth-order valence-corrected chi connectivity index (χ4v) is 2.65. The van der Waals surface area contributed by atoms with Gasteiger partial charge in [-0.15, -0.1) is 0 Å². The molecule has 0 amide bonds. The van der Waals surface area contributed by atoms with Crippen LogP contribution in [0.5, 0.6) is 0 Å². The van der Waals surface area contributed by atoms with Crippen molar-refractivity contribution in [2.24, 2.45) is 0 Å². The fourth-order valence-electron chi connectivity index (χ4n) is 1.97. The Morgan fingerprint density at radius 3 is 2.74 bits per heavy atom. The van der Waals surface area contributed by atoms with Gasteiger partial charge in [-0.25, -0.2) is 8.78 Å². The van der Waals surface area contributed by atoms with Crippen molar-refractivity contribution in [2.45, 2.75) is 32.4 Å². The number of rotatable bonds is 6. The van der Waals surface area contributed by atoms with Crippen molar-refractivity contribution in [2.75, 3.05) is 0 Å². The minimum absolute atomic E-state index is 0.0878. The number of benzene rings is 1. The van der Waals surface area contributed by atoms with Gasteiger partial charge in [-0.2, -0.15) is 11.3 Å². The molecule has 2 aromatic rings.